The van der Waals surface area contributed by atoms with Gasteiger partial charge in [-0.05, 0) is 48.9 Å². The van der Waals surface area contributed by atoms with Crippen LogP contribution in [0.1, 0.15) is 30.4 Å². The minimum atomic E-state index is -0.415. The van der Waals surface area contributed by atoms with E-state index in [1.807, 2.05) is 18.2 Å². The van der Waals surface area contributed by atoms with Gasteiger partial charge in [-0.3, -0.25) is 4.79 Å². The molecule has 1 aromatic rings. The molecule has 3 rings (SSSR count). The normalized spacial score (nSPS) is 18.3. The van der Waals surface area contributed by atoms with Crippen LogP contribution in [0.15, 0.2) is 18.2 Å². The van der Waals surface area contributed by atoms with Gasteiger partial charge in [-0.2, -0.15) is 0 Å². The van der Waals surface area contributed by atoms with Gasteiger partial charge >= 0.3 is 6.09 Å². The van der Waals surface area contributed by atoms with Gasteiger partial charge in [0.15, 0.2) is 5.78 Å². The summed E-state index contributed by atoms with van der Waals surface area (Å²) in [6.45, 7) is 0.659. The number of likely N-dealkylation sites (tertiary alicyclic amines) is 1. The van der Waals surface area contributed by atoms with Crippen molar-refractivity contribution in [1.82, 2.24) is 4.90 Å². The molecule has 1 amide bonds. The number of aryl methyl sites for hydroxylation is 2. The summed E-state index contributed by atoms with van der Waals surface area (Å²) in [6, 6.07) is 5.86. The summed E-state index contributed by atoms with van der Waals surface area (Å²) in [5.74, 6) is 0.687. The third kappa shape index (κ3) is 2.62. The van der Waals surface area contributed by atoms with Gasteiger partial charge in [0.2, 0.25) is 0 Å². The van der Waals surface area contributed by atoms with Crippen molar-refractivity contribution in [3.05, 3.63) is 29.3 Å². The van der Waals surface area contributed by atoms with E-state index in [4.69, 9.17) is 4.74 Å². The molecule has 1 heterocycles. The number of nitrogens with zero attached hydrogens (tertiary/aromatic N) is 1. The van der Waals surface area contributed by atoms with Crippen molar-refractivity contribution in [3.63, 3.8) is 0 Å². The van der Waals surface area contributed by atoms with Crippen LogP contribution < -0.4 is 4.74 Å². The number of rotatable bonds is 1. The first kappa shape index (κ1) is 12.2. The second-order valence-electron chi connectivity index (χ2n) is 5.22. The number of carbonyl (C=O) groups is 2. The molecule has 0 bridgehead atoms. The fourth-order valence-electron chi connectivity index (χ4n) is 2.73. The molecular weight excluding hydrogens is 242 g/mol. The molecule has 1 aromatic carbocycles. The maximum absolute atomic E-state index is 11.9. The molecule has 0 spiro atoms. The summed E-state index contributed by atoms with van der Waals surface area (Å²) in [7, 11) is 0. The lowest BCUT2D eigenvalue weighted by Gasteiger charge is -2.18. The molecule has 0 unspecified atom stereocenters. The van der Waals surface area contributed by atoms with Crippen LogP contribution in [0.5, 0.6) is 5.75 Å². The number of hydrogen-bond acceptors (Lipinski definition) is 3. The van der Waals surface area contributed by atoms with E-state index in [1.54, 1.807) is 0 Å². The Morgan fingerprint density at radius 3 is 2.63 bits per heavy atom. The van der Waals surface area contributed by atoms with Crippen LogP contribution in [-0.4, -0.2) is 29.9 Å². The Hall–Kier alpha value is -1.84. The quantitative estimate of drug-likeness (QED) is 0.777. The van der Waals surface area contributed by atoms with Gasteiger partial charge in [0.1, 0.15) is 5.75 Å². The number of ketones is 1. The zero-order valence-electron chi connectivity index (χ0n) is 10.9. The van der Waals surface area contributed by atoms with Crippen LogP contribution in [0.25, 0.3) is 0 Å². The number of ether oxygens (including phenoxy) is 1. The first-order valence-electron chi connectivity index (χ1n) is 6.82. The molecular formula is C15H17NO3. The third-order valence-electron chi connectivity index (χ3n) is 3.81. The molecule has 1 fully saturated rings. The van der Waals surface area contributed by atoms with Crippen LogP contribution in [-0.2, 0) is 17.6 Å². The van der Waals surface area contributed by atoms with Crippen molar-refractivity contribution in [2.75, 3.05) is 13.1 Å². The first-order chi connectivity index (χ1) is 9.22. The Kier molecular flexibility index (Phi) is 3.23. The molecule has 100 valence electrons. The Morgan fingerprint density at radius 1 is 1.11 bits per heavy atom. The average Bonchev–Trinajstić information content (AvgIpc) is 2.85. The lowest BCUT2D eigenvalue weighted by atomic mass is 9.92. The molecule has 1 aliphatic carbocycles. The van der Waals surface area contributed by atoms with Gasteiger partial charge in [-0.25, -0.2) is 4.79 Å². The fraction of sp³-hybridized carbons (Fsp3) is 0.467. The molecule has 0 saturated carbocycles. The van der Waals surface area contributed by atoms with Crippen molar-refractivity contribution < 1.29 is 14.3 Å². The van der Waals surface area contributed by atoms with E-state index in [0.717, 1.165) is 12.8 Å². The summed E-state index contributed by atoms with van der Waals surface area (Å²) in [4.78, 5) is 24.5. The molecule has 1 aliphatic heterocycles. The highest BCUT2D eigenvalue weighted by Crippen LogP contribution is 2.25. The molecule has 1 saturated heterocycles. The van der Waals surface area contributed by atoms with Crippen molar-refractivity contribution in [2.45, 2.75) is 32.1 Å². The maximum Gasteiger partial charge on any atom is 0.415 e. The maximum atomic E-state index is 11.9. The second kappa shape index (κ2) is 5.03. The number of amides is 1. The predicted molar refractivity (Wildman–Crippen MR) is 70.3 cm³/mol. The van der Waals surface area contributed by atoms with Crippen LogP contribution in [0.2, 0.25) is 0 Å². The smallest absolute Gasteiger partial charge is 0.410 e. The number of hydrogen-bond donors (Lipinski definition) is 0. The van der Waals surface area contributed by atoms with E-state index >= 15 is 0 Å². The van der Waals surface area contributed by atoms with Gasteiger partial charge in [0.05, 0.1) is 6.54 Å². The van der Waals surface area contributed by atoms with Gasteiger partial charge < -0.3 is 9.64 Å². The minimum Gasteiger partial charge on any atom is -0.410 e. The summed E-state index contributed by atoms with van der Waals surface area (Å²) in [6.07, 6.45) is 4.64. The Morgan fingerprint density at radius 2 is 1.89 bits per heavy atom. The van der Waals surface area contributed by atoms with E-state index in [9.17, 15) is 9.59 Å². The average molecular weight is 259 g/mol. The molecule has 0 atom stereocenters. The zero-order chi connectivity index (χ0) is 13.2. The van der Waals surface area contributed by atoms with Gasteiger partial charge in [0, 0.05) is 13.0 Å². The predicted octanol–water partition coefficient (Wildman–Crippen LogP) is 2.34. The Labute approximate surface area is 112 Å². The number of fused-ring (bicyclic) bond motifs is 1. The standard InChI is InChI=1S/C15H17NO3/c17-13-7-8-16(10-13)15(18)19-14-6-5-11-3-1-2-4-12(11)9-14/h5-6,9H,1-4,7-8,10H2. The molecule has 2 aliphatic rings. The first-order valence-corrected chi connectivity index (χ1v) is 6.82. The van der Waals surface area contributed by atoms with E-state index in [2.05, 4.69) is 0 Å². The molecule has 0 radical (unpaired) electrons. The number of benzene rings is 1. The zero-order valence-corrected chi connectivity index (χ0v) is 10.9. The summed E-state index contributed by atoms with van der Waals surface area (Å²) in [5.41, 5.74) is 2.65. The molecule has 0 N–H and O–H groups in total. The van der Waals surface area contributed by atoms with Gasteiger partial charge in [-0.1, -0.05) is 6.07 Å². The Balaban J connectivity index is 1.69. The highest BCUT2D eigenvalue weighted by molar-refractivity contribution is 5.87. The fourth-order valence-corrected chi connectivity index (χ4v) is 2.73. The van der Waals surface area contributed by atoms with E-state index in [0.29, 0.717) is 18.7 Å². The van der Waals surface area contributed by atoms with Crippen LogP contribution in [0.3, 0.4) is 0 Å². The van der Waals surface area contributed by atoms with Crippen molar-refractivity contribution >= 4 is 11.9 Å². The largest absolute Gasteiger partial charge is 0.415 e. The Bertz CT molecular complexity index is 524. The summed E-state index contributed by atoms with van der Waals surface area (Å²) in [5, 5.41) is 0. The van der Waals surface area contributed by atoms with Crippen molar-refractivity contribution in [1.29, 1.82) is 0 Å². The lowest BCUT2D eigenvalue weighted by Crippen LogP contribution is -2.31. The molecule has 4 heteroatoms. The van der Waals surface area contributed by atoms with Crippen LogP contribution in [0.4, 0.5) is 4.79 Å². The monoisotopic (exact) mass is 259 g/mol. The van der Waals surface area contributed by atoms with Crippen molar-refractivity contribution in [3.8, 4) is 5.75 Å². The SMILES string of the molecule is O=C1CCN(C(=O)Oc2ccc3c(c2)CCCC3)C1. The highest BCUT2D eigenvalue weighted by atomic mass is 16.6. The topological polar surface area (TPSA) is 46.6 Å². The van der Waals surface area contributed by atoms with Gasteiger partial charge in [0.25, 0.3) is 0 Å². The van der Waals surface area contributed by atoms with Crippen molar-refractivity contribution in [2.24, 2.45) is 0 Å². The van der Waals surface area contributed by atoms with Crippen LogP contribution >= 0.6 is 0 Å². The number of Topliss-reactive ketones (excluding diaryl/α,β-unsaturated/α-hetero) is 1. The summed E-state index contributed by atoms with van der Waals surface area (Å²) < 4.78 is 5.35. The van der Waals surface area contributed by atoms with E-state index < -0.39 is 6.09 Å². The second-order valence-corrected chi connectivity index (χ2v) is 5.22. The van der Waals surface area contributed by atoms with E-state index in [-0.39, 0.29) is 12.3 Å². The third-order valence-corrected chi connectivity index (χ3v) is 3.81. The lowest BCUT2D eigenvalue weighted by molar-refractivity contribution is -0.116. The van der Waals surface area contributed by atoms with Crippen LogP contribution in [0, 0.1) is 0 Å². The number of carbonyl (C=O) groups excluding carboxylic acids is 2. The molecule has 0 aromatic heterocycles. The molecule has 19 heavy (non-hydrogen) atoms. The summed E-state index contributed by atoms with van der Waals surface area (Å²) >= 11 is 0. The van der Waals surface area contributed by atoms with E-state index in [1.165, 1.54) is 28.9 Å². The minimum absolute atomic E-state index is 0.0994. The van der Waals surface area contributed by atoms with Gasteiger partial charge in [-0.15, -0.1) is 0 Å². The molecule has 4 nitrogen and oxygen atoms in total. The highest BCUT2D eigenvalue weighted by Gasteiger charge is 2.25.